The van der Waals surface area contributed by atoms with Crippen molar-refractivity contribution in [2.45, 2.75) is 32.4 Å². The molecule has 1 N–H and O–H groups in total. The Morgan fingerprint density at radius 2 is 1.65 bits per heavy atom. The summed E-state index contributed by atoms with van der Waals surface area (Å²) in [7, 11) is 0. The van der Waals surface area contributed by atoms with E-state index >= 15 is 0 Å². The Morgan fingerprint density at radius 3 is 2.46 bits per heavy atom. The molecule has 0 radical (unpaired) electrons. The molecule has 136 valence electrons. The Morgan fingerprint density at radius 1 is 0.923 bits per heavy atom. The fraction of sp³-hybridized carbons (Fsp3) is 0.381. The highest BCUT2D eigenvalue weighted by Crippen LogP contribution is 2.32. The molecule has 0 saturated carbocycles. The SMILES string of the molecule is O=C(NCc1ccc(CN2CCCCC2)cc1)c1ccc2c(c1)OCO2. The molecule has 2 aromatic carbocycles. The molecule has 2 heterocycles. The van der Waals surface area contributed by atoms with Gasteiger partial charge in [0.15, 0.2) is 11.5 Å². The average molecular weight is 352 g/mol. The van der Waals surface area contributed by atoms with Crippen LogP contribution in [0, 0.1) is 0 Å². The minimum absolute atomic E-state index is 0.110. The van der Waals surface area contributed by atoms with E-state index in [4.69, 9.17) is 9.47 Å². The number of rotatable bonds is 5. The topological polar surface area (TPSA) is 50.8 Å². The van der Waals surface area contributed by atoms with Crippen LogP contribution >= 0.6 is 0 Å². The molecule has 0 aliphatic carbocycles. The van der Waals surface area contributed by atoms with Crippen molar-refractivity contribution in [2.75, 3.05) is 19.9 Å². The number of amides is 1. The van der Waals surface area contributed by atoms with E-state index in [2.05, 4.69) is 34.5 Å². The summed E-state index contributed by atoms with van der Waals surface area (Å²) < 4.78 is 10.6. The molecule has 1 amide bonds. The third kappa shape index (κ3) is 3.99. The number of ether oxygens (including phenoxy) is 2. The van der Waals surface area contributed by atoms with Crippen molar-refractivity contribution in [3.05, 3.63) is 59.2 Å². The lowest BCUT2D eigenvalue weighted by molar-refractivity contribution is 0.0950. The first kappa shape index (κ1) is 16.9. The Hall–Kier alpha value is -2.53. The second-order valence-corrected chi connectivity index (χ2v) is 6.90. The van der Waals surface area contributed by atoms with Crippen molar-refractivity contribution in [3.63, 3.8) is 0 Å². The summed E-state index contributed by atoms with van der Waals surface area (Å²) in [6.07, 6.45) is 3.98. The van der Waals surface area contributed by atoms with Crippen LogP contribution in [0.2, 0.25) is 0 Å². The lowest BCUT2D eigenvalue weighted by Gasteiger charge is -2.26. The van der Waals surface area contributed by atoms with Gasteiger partial charge in [-0.3, -0.25) is 9.69 Å². The zero-order chi connectivity index (χ0) is 17.8. The van der Waals surface area contributed by atoms with Crippen LogP contribution < -0.4 is 14.8 Å². The van der Waals surface area contributed by atoms with E-state index in [1.54, 1.807) is 18.2 Å². The fourth-order valence-electron chi connectivity index (χ4n) is 3.46. The Labute approximate surface area is 153 Å². The summed E-state index contributed by atoms with van der Waals surface area (Å²) in [6, 6.07) is 13.8. The molecule has 1 saturated heterocycles. The predicted octanol–water partition coefficient (Wildman–Crippen LogP) is 3.33. The summed E-state index contributed by atoms with van der Waals surface area (Å²) >= 11 is 0. The van der Waals surface area contributed by atoms with Gasteiger partial charge < -0.3 is 14.8 Å². The van der Waals surface area contributed by atoms with E-state index in [1.807, 2.05) is 0 Å². The van der Waals surface area contributed by atoms with Crippen LogP contribution in [0.5, 0.6) is 11.5 Å². The van der Waals surface area contributed by atoms with E-state index in [0.717, 1.165) is 12.1 Å². The maximum atomic E-state index is 12.3. The molecule has 4 rings (SSSR count). The quantitative estimate of drug-likeness (QED) is 0.897. The molecule has 0 bridgehead atoms. The Kier molecular flexibility index (Phi) is 5.07. The van der Waals surface area contributed by atoms with Crippen molar-refractivity contribution in [2.24, 2.45) is 0 Å². The van der Waals surface area contributed by atoms with Crippen molar-refractivity contribution < 1.29 is 14.3 Å². The zero-order valence-electron chi connectivity index (χ0n) is 14.9. The lowest BCUT2D eigenvalue weighted by Crippen LogP contribution is -2.29. The minimum Gasteiger partial charge on any atom is -0.454 e. The van der Waals surface area contributed by atoms with Gasteiger partial charge in [0.1, 0.15) is 0 Å². The van der Waals surface area contributed by atoms with Crippen molar-refractivity contribution in [1.82, 2.24) is 10.2 Å². The first-order valence-corrected chi connectivity index (χ1v) is 9.26. The number of benzene rings is 2. The van der Waals surface area contributed by atoms with Crippen LogP contribution in [0.4, 0.5) is 0 Å². The van der Waals surface area contributed by atoms with E-state index < -0.39 is 0 Å². The molecular formula is C21H24N2O3. The number of fused-ring (bicyclic) bond motifs is 1. The van der Waals surface area contributed by atoms with Gasteiger partial charge in [0.25, 0.3) is 5.91 Å². The number of nitrogens with zero attached hydrogens (tertiary/aromatic N) is 1. The lowest BCUT2D eigenvalue weighted by atomic mass is 10.1. The number of hydrogen-bond acceptors (Lipinski definition) is 4. The highest BCUT2D eigenvalue weighted by Gasteiger charge is 2.16. The highest BCUT2D eigenvalue weighted by molar-refractivity contribution is 5.94. The number of piperidine rings is 1. The highest BCUT2D eigenvalue weighted by atomic mass is 16.7. The smallest absolute Gasteiger partial charge is 0.251 e. The Bertz CT molecular complexity index is 767. The number of carbonyl (C=O) groups is 1. The molecule has 0 aromatic heterocycles. The molecular weight excluding hydrogens is 328 g/mol. The first-order chi connectivity index (χ1) is 12.8. The van der Waals surface area contributed by atoms with E-state index in [1.165, 1.54) is 37.9 Å². The normalized spacial score (nSPS) is 16.5. The standard InChI is InChI=1S/C21H24N2O3/c24-21(18-8-9-19-20(12-18)26-15-25-19)22-13-16-4-6-17(7-5-16)14-23-10-2-1-3-11-23/h4-9,12H,1-3,10-11,13-15H2,(H,22,24). The summed E-state index contributed by atoms with van der Waals surface area (Å²) in [5.74, 6) is 1.20. The molecule has 0 spiro atoms. The largest absolute Gasteiger partial charge is 0.454 e. The van der Waals surface area contributed by atoms with E-state index in [9.17, 15) is 4.79 Å². The van der Waals surface area contributed by atoms with Gasteiger partial charge in [-0.1, -0.05) is 30.7 Å². The van der Waals surface area contributed by atoms with Crippen LogP contribution in [0.1, 0.15) is 40.7 Å². The van der Waals surface area contributed by atoms with Gasteiger partial charge >= 0.3 is 0 Å². The maximum absolute atomic E-state index is 12.3. The van der Waals surface area contributed by atoms with Gasteiger partial charge in [-0.05, 0) is 55.3 Å². The van der Waals surface area contributed by atoms with Crippen molar-refractivity contribution in [3.8, 4) is 11.5 Å². The van der Waals surface area contributed by atoms with Crippen molar-refractivity contribution >= 4 is 5.91 Å². The van der Waals surface area contributed by atoms with Gasteiger partial charge in [-0.25, -0.2) is 0 Å². The summed E-state index contributed by atoms with van der Waals surface area (Å²) in [4.78, 5) is 14.8. The molecule has 0 atom stereocenters. The van der Waals surface area contributed by atoms with Crippen LogP contribution in [-0.2, 0) is 13.1 Å². The van der Waals surface area contributed by atoms with Crippen LogP contribution in [0.25, 0.3) is 0 Å². The molecule has 5 heteroatoms. The second-order valence-electron chi connectivity index (χ2n) is 6.90. The molecule has 5 nitrogen and oxygen atoms in total. The number of likely N-dealkylation sites (tertiary alicyclic amines) is 1. The van der Waals surface area contributed by atoms with E-state index in [-0.39, 0.29) is 12.7 Å². The van der Waals surface area contributed by atoms with Gasteiger partial charge in [-0.2, -0.15) is 0 Å². The van der Waals surface area contributed by atoms with E-state index in [0.29, 0.717) is 23.6 Å². The maximum Gasteiger partial charge on any atom is 0.251 e. The zero-order valence-corrected chi connectivity index (χ0v) is 14.9. The Balaban J connectivity index is 1.30. The molecule has 2 aliphatic rings. The van der Waals surface area contributed by atoms with Gasteiger partial charge in [0, 0.05) is 18.7 Å². The number of hydrogen-bond donors (Lipinski definition) is 1. The average Bonchev–Trinajstić information content (AvgIpc) is 3.16. The summed E-state index contributed by atoms with van der Waals surface area (Å²) in [5, 5.41) is 2.96. The molecule has 2 aliphatic heterocycles. The van der Waals surface area contributed by atoms with Crippen LogP contribution in [0.15, 0.2) is 42.5 Å². The second kappa shape index (κ2) is 7.79. The third-order valence-electron chi connectivity index (χ3n) is 4.97. The number of carbonyl (C=O) groups excluding carboxylic acids is 1. The molecule has 1 fully saturated rings. The first-order valence-electron chi connectivity index (χ1n) is 9.26. The summed E-state index contributed by atoms with van der Waals surface area (Å²) in [6.45, 7) is 4.14. The number of nitrogens with one attached hydrogen (secondary N) is 1. The predicted molar refractivity (Wildman–Crippen MR) is 99.3 cm³/mol. The monoisotopic (exact) mass is 352 g/mol. The molecule has 2 aromatic rings. The van der Waals surface area contributed by atoms with Crippen LogP contribution in [0.3, 0.4) is 0 Å². The fourth-order valence-corrected chi connectivity index (χ4v) is 3.46. The summed E-state index contributed by atoms with van der Waals surface area (Å²) in [5.41, 5.74) is 3.01. The minimum atomic E-state index is -0.110. The van der Waals surface area contributed by atoms with Gasteiger partial charge in [0.2, 0.25) is 6.79 Å². The molecule has 0 unspecified atom stereocenters. The molecule has 26 heavy (non-hydrogen) atoms. The third-order valence-corrected chi connectivity index (χ3v) is 4.97. The van der Waals surface area contributed by atoms with Gasteiger partial charge in [0.05, 0.1) is 0 Å². The van der Waals surface area contributed by atoms with Gasteiger partial charge in [-0.15, -0.1) is 0 Å². The van der Waals surface area contributed by atoms with Crippen LogP contribution in [-0.4, -0.2) is 30.7 Å². The van der Waals surface area contributed by atoms with Crippen molar-refractivity contribution in [1.29, 1.82) is 0 Å².